The SMILES string of the molecule is COC(=O)CCCCCCCCCCCC(=O)[O-]. The zero-order valence-corrected chi connectivity index (χ0v) is 11.4. The van der Waals surface area contributed by atoms with Gasteiger partial charge in [-0.3, -0.25) is 4.79 Å². The first kappa shape index (κ1) is 16.9. The molecule has 0 N–H and O–H groups in total. The zero-order chi connectivity index (χ0) is 13.6. The second kappa shape index (κ2) is 12.4. The van der Waals surface area contributed by atoms with Crippen molar-refractivity contribution in [3.63, 3.8) is 0 Å². The molecule has 0 fully saturated rings. The van der Waals surface area contributed by atoms with Crippen LogP contribution in [0.1, 0.15) is 70.6 Å². The molecule has 0 aromatic heterocycles. The van der Waals surface area contributed by atoms with E-state index in [0.717, 1.165) is 38.5 Å². The highest BCUT2D eigenvalue weighted by Crippen LogP contribution is 2.11. The minimum atomic E-state index is -0.944. The van der Waals surface area contributed by atoms with Gasteiger partial charge in [0.1, 0.15) is 0 Å². The predicted octanol–water partition coefficient (Wildman–Crippen LogP) is 2.20. The van der Waals surface area contributed by atoms with Crippen molar-refractivity contribution >= 4 is 11.9 Å². The van der Waals surface area contributed by atoms with Crippen LogP contribution in [0.4, 0.5) is 0 Å². The Morgan fingerprint density at radius 3 is 1.56 bits per heavy atom. The molecule has 0 amide bonds. The minimum absolute atomic E-state index is 0.122. The molecule has 0 aliphatic carbocycles. The van der Waals surface area contributed by atoms with Crippen LogP contribution in [0.2, 0.25) is 0 Å². The first-order valence-electron chi connectivity index (χ1n) is 6.93. The quantitative estimate of drug-likeness (QED) is 0.397. The predicted molar refractivity (Wildman–Crippen MR) is 67.8 cm³/mol. The van der Waals surface area contributed by atoms with Crippen molar-refractivity contribution in [1.29, 1.82) is 0 Å². The van der Waals surface area contributed by atoms with Gasteiger partial charge in [0, 0.05) is 12.4 Å². The lowest BCUT2D eigenvalue weighted by Crippen LogP contribution is -2.21. The van der Waals surface area contributed by atoms with Gasteiger partial charge in [-0.05, 0) is 19.3 Å². The van der Waals surface area contributed by atoms with Crippen molar-refractivity contribution in [3.8, 4) is 0 Å². The normalized spacial score (nSPS) is 10.3. The molecule has 0 saturated heterocycles. The highest BCUT2D eigenvalue weighted by Gasteiger charge is 1.99. The molecule has 4 nitrogen and oxygen atoms in total. The van der Waals surface area contributed by atoms with E-state index in [-0.39, 0.29) is 12.4 Å². The van der Waals surface area contributed by atoms with E-state index in [2.05, 4.69) is 4.74 Å². The number of unbranched alkanes of at least 4 members (excludes halogenated alkanes) is 8. The largest absolute Gasteiger partial charge is 0.550 e. The fourth-order valence-corrected chi connectivity index (χ4v) is 1.88. The van der Waals surface area contributed by atoms with E-state index in [9.17, 15) is 14.7 Å². The number of hydrogen-bond donors (Lipinski definition) is 0. The van der Waals surface area contributed by atoms with Crippen LogP contribution in [0, 0.1) is 0 Å². The first-order chi connectivity index (χ1) is 8.66. The monoisotopic (exact) mass is 257 g/mol. The standard InChI is InChI=1S/C14H26O4/c1-18-14(17)12-10-8-6-4-2-3-5-7-9-11-13(15)16/h2-12H2,1H3,(H,15,16)/p-1. The third-order valence-corrected chi connectivity index (χ3v) is 2.99. The molecule has 0 atom stereocenters. The van der Waals surface area contributed by atoms with Gasteiger partial charge in [-0.25, -0.2) is 0 Å². The summed E-state index contributed by atoms with van der Waals surface area (Å²) in [4.78, 5) is 21.0. The lowest BCUT2D eigenvalue weighted by molar-refractivity contribution is -0.305. The van der Waals surface area contributed by atoms with Gasteiger partial charge in [-0.2, -0.15) is 0 Å². The summed E-state index contributed by atoms with van der Waals surface area (Å²) < 4.78 is 4.56. The Bertz CT molecular complexity index is 226. The fraction of sp³-hybridized carbons (Fsp3) is 0.857. The number of aliphatic carboxylic acids is 1. The van der Waals surface area contributed by atoms with Gasteiger partial charge in [-0.15, -0.1) is 0 Å². The average Bonchev–Trinajstić information content (AvgIpc) is 2.35. The molecular weight excluding hydrogens is 232 g/mol. The van der Waals surface area contributed by atoms with Crippen LogP contribution < -0.4 is 5.11 Å². The van der Waals surface area contributed by atoms with Gasteiger partial charge in [0.15, 0.2) is 0 Å². The molecular formula is C14H25O4-. The van der Waals surface area contributed by atoms with Crippen LogP contribution in [0.3, 0.4) is 0 Å². The summed E-state index contributed by atoms with van der Waals surface area (Å²) in [6.45, 7) is 0. The summed E-state index contributed by atoms with van der Waals surface area (Å²) in [6, 6.07) is 0. The van der Waals surface area contributed by atoms with Crippen molar-refractivity contribution in [1.82, 2.24) is 0 Å². The minimum Gasteiger partial charge on any atom is -0.550 e. The number of methoxy groups -OCH3 is 1. The molecule has 0 spiro atoms. The Morgan fingerprint density at radius 1 is 0.778 bits per heavy atom. The number of carboxylic acid groups (broad SMARTS) is 1. The van der Waals surface area contributed by atoms with E-state index in [0.29, 0.717) is 6.42 Å². The van der Waals surface area contributed by atoms with Gasteiger partial charge in [-0.1, -0.05) is 44.9 Å². The Balaban J connectivity index is 3.03. The smallest absolute Gasteiger partial charge is 0.305 e. The fourth-order valence-electron chi connectivity index (χ4n) is 1.88. The van der Waals surface area contributed by atoms with Crippen molar-refractivity contribution < 1.29 is 19.4 Å². The lowest BCUT2D eigenvalue weighted by Gasteiger charge is -2.03. The van der Waals surface area contributed by atoms with E-state index >= 15 is 0 Å². The molecule has 0 unspecified atom stereocenters. The summed E-state index contributed by atoms with van der Waals surface area (Å²) in [5, 5.41) is 10.2. The highest BCUT2D eigenvalue weighted by atomic mass is 16.5. The van der Waals surface area contributed by atoms with Crippen LogP contribution >= 0.6 is 0 Å². The maximum Gasteiger partial charge on any atom is 0.305 e. The summed E-state index contributed by atoms with van der Waals surface area (Å²) in [5.41, 5.74) is 0. The van der Waals surface area contributed by atoms with Crippen molar-refractivity contribution in [2.24, 2.45) is 0 Å². The van der Waals surface area contributed by atoms with Gasteiger partial charge in [0.05, 0.1) is 7.11 Å². The van der Waals surface area contributed by atoms with Gasteiger partial charge < -0.3 is 14.6 Å². The lowest BCUT2D eigenvalue weighted by atomic mass is 10.1. The molecule has 0 aromatic rings. The molecule has 0 aliphatic rings. The highest BCUT2D eigenvalue weighted by molar-refractivity contribution is 5.68. The number of carbonyl (C=O) groups is 2. The molecule has 0 saturated carbocycles. The molecule has 0 aromatic carbocycles. The van der Waals surface area contributed by atoms with Crippen LogP contribution in [0.15, 0.2) is 0 Å². The summed E-state index contributed by atoms with van der Waals surface area (Å²) in [5.74, 6) is -1.07. The van der Waals surface area contributed by atoms with Gasteiger partial charge in [0.2, 0.25) is 0 Å². The zero-order valence-electron chi connectivity index (χ0n) is 11.4. The van der Waals surface area contributed by atoms with Crippen molar-refractivity contribution in [2.75, 3.05) is 7.11 Å². The molecule has 0 radical (unpaired) electrons. The van der Waals surface area contributed by atoms with E-state index < -0.39 is 5.97 Å². The van der Waals surface area contributed by atoms with Crippen LogP contribution in [0.25, 0.3) is 0 Å². The Labute approximate surface area is 110 Å². The third kappa shape index (κ3) is 13.0. The van der Waals surface area contributed by atoms with Gasteiger partial charge >= 0.3 is 5.97 Å². The molecule has 106 valence electrons. The van der Waals surface area contributed by atoms with Crippen LogP contribution in [-0.2, 0) is 14.3 Å². The second-order valence-corrected chi connectivity index (χ2v) is 4.63. The average molecular weight is 257 g/mol. The molecule has 4 heteroatoms. The number of rotatable bonds is 12. The second-order valence-electron chi connectivity index (χ2n) is 4.63. The number of hydrogen-bond acceptors (Lipinski definition) is 4. The summed E-state index contributed by atoms with van der Waals surface area (Å²) in [7, 11) is 1.42. The van der Waals surface area contributed by atoms with E-state index in [1.807, 2.05) is 0 Å². The summed E-state index contributed by atoms with van der Waals surface area (Å²) in [6.07, 6.45) is 10.3. The van der Waals surface area contributed by atoms with E-state index in [4.69, 9.17) is 0 Å². The van der Waals surface area contributed by atoms with Crippen molar-refractivity contribution in [3.05, 3.63) is 0 Å². The van der Waals surface area contributed by atoms with Crippen LogP contribution in [-0.4, -0.2) is 19.0 Å². The van der Waals surface area contributed by atoms with Crippen molar-refractivity contribution in [2.45, 2.75) is 70.6 Å². The van der Waals surface area contributed by atoms with E-state index in [1.165, 1.54) is 26.4 Å². The molecule has 0 aliphatic heterocycles. The number of carboxylic acids is 1. The molecule has 0 bridgehead atoms. The first-order valence-corrected chi connectivity index (χ1v) is 6.93. The van der Waals surface area contributed by atoms with Gasteiger partial charge in [0.25, 0.3) is 0 Å². The van der Waals surface area contributed by atoms with E-state index in [1.54, 1.807) is 0 Å². The Kier molecular flexibility index (Phi) is 11.7. The van der Waals surface area contributed by atoms with Crippen LogP contribution in [0.5, 0.6) is 0 Å². The third-order valence-electron chi connectivity index (χ3n) is 2.99. The Hall–Kier alpha value is -1.06. The number of ether oxygens (including phenoxy) is 1. The maximum atomic E-state index is 10.8. The number of esters is 1. The maximum absolute atomic E-state index is 10.8. The summed E-state index contributed by atoms with van der Waals surface area (Å²) >= 11 is 0. The molecule has 0 rings (SSSR count). The number of carbonyl (C=O) groups excluding carboxylic acids is 2. The Morgan fingerprint density at radius 2 is 1.17 bits per heavy atom. The molecule has 18 heavy (non-hydrogen) atoms. The molecule has 0 heterocycles. The topological polar surface area (TPSA) is 66.4 Å².